The molecule has 0 aromatic carbocycles. The topological polar surface area (TPSA) is 30.5 Å². The molecule has 0 amide bonds. The molecule has 0 aliphatic heterocycles. The maximum Gasteiger partial charge on any atom is 0.0700 e. The minimum atomic E-state index is 0.522. The first-order valence-electron chi connectivity index (χ1n) is 5.66. The Hall–Kier alpha value is 0.170. The van der Waals surface area contributed by atoms with Crippen LogP contribution in [0.2, 0.25) is 0 Å². The largest absolute Gasteiger partial charge is 0.382 e. The maximum atomic E-state index is 5.76. The molecule has 4 heteroatoms. The smallest absolute Gasteiger partial charge is 0.0700 e. The Balaban J connectivity index is 1.84. The molecule has 0 spiro atoms. The fourth-order valence-corrected chi connectivity index (χ4v) is 2.04. The van der Waals surface area contributed by atoms with Crippen LogP contribution in [-0.4, -0.2) is 45.9 Å². The van der Waals surface area contributed by atoms with E-state index in [1.54, 1.807) is 7.11 Å². The normalized spacial score (nSPS) is 18.0. The number of alkyl halides is 1. The number of rotatable bonds is 10. The summed E-state index contributed by atoms with van der Waals surface area (Å²) in [5, 5.41) is 3.43. The quantitative estimate of drug-likeness (QED) is 0.461. The number of hydrogen-bond acceptors (Lipinski definition) is 3. The standard InChI is InChI=1S/C11H22ClNO2/c1-14-8-9-15-7-6-13-10-11(2-3-11)4-5-12/h13H,2-10H2,1H3. The zero-order chi connectivity index (χ0) is 11.0. The number of ether oxygens (including phenoxy) is 2. The van der Waals surface area contributed by atoms with Gasteiger partial charge in [-0.3, -0.25) is 0 Å². The van der Waals surface area contributed by atoms with Crippen LogP contribution in [0.1, 0.15) is 19.3 Å². The molecule has 0 bridgehead atoms. The summed E-state index contributed by atoms with van der Waals surface area (Å²) in [5.41, 5.74) is 0.522. The van der Waals surface area contributed by atoms with Crippen LogP contribution in [0.4, 0.5) is 0 Å². The van der Waals surface area contributed by atoms with Crippen molar-refractivity contribution in [2.75, 3.05) is 45.9 Å². The number of halogens is 1. The van der Waals surface area contributed by atoms with Crippen LogP contribution >= 0.6 is 11.6 Å². The molecule has 0 aromatic heterocycles. The van der Waals surface area contributed by atoms with Crippen molar-refractivity contribution in [1.29, 1.82) is 0 Å². The van der Waals surface area contributed by atoms with Gasteiger partial charge in [0.15, 0.2) is 0 Å². The van der Waals surface area contributed by atoms with Gasteiger partial charge in [0.25, 0.3) is 0 Å². The maximum absolute atomic E-state index is 5.76. The third-order valence-electron chi connectivity index (χ3n) is 2.94. The van der Waals surface area contributed by atoms with Crippen LogP contribution in [0, 0.1) is 5.41 Å². The van der Waals surface area contributed by atoms with Crippen molar-refractivity contribution in [3.63, 3.8) is 0 Å². The van der Waals surface area contributed by atoms with E-state index in [1.165, 1.54) is 12.8 Å². The highest BCUT2D eigenvalue weighted by atomic mass is 35.5. The van der Waals surface area contributed by atoms with E-state index in [2.05, 4.69) is 5.32 Å². The van der Waals surface area contributed by atoms with E-state index in [-0.39, 0.29) is 0 Å². The zero-order valence-corrected chi connectivity index (χ0v) is 10.3. The van der Waals surface area contributed by atoms with Gasteiger partial charge in [-0.25, -0.2) is 0 Å². The van der Waals surface area contributed by atoms with Gasteiger partial charge in [-0.05, 0) is 24.7 Å². The van der Waals surface area contributed by atoms with Crippen molar-refractivity contribution in [1.82, 2.24) is 5.32 Å². The summed E-state index contributed by atoms with van der Waals surface area (Å²) in [4.78, 5) is 0. The van der Waals surface area contributed by atoms with Crippen LogP contribution in [0.15, 0.2) is 0 Å². The molecule has 3 nitrogen and oxygen atoms in total. The molecule has 1 aliphatic carbocycles. The fraction of sp³-hybridized carbons (Fsp3) is 1.00. The molecule has 1 aliphatic rings. The van der Waals surface area contributed by atoms with Crippen molar-refractivity contribution in [3.8, 4) is 0 Å². The van der Waals surface area contributed by atoms with Gasteiger partial charge in [0, 0.05) is 26.1 Å². The van der Waals surface area contributed by atoms with Gasteiger partial charge in [0.2, 0.25) is 0 Å². The third-order valence-corrected chi connectivity index (χ3v) is 3.13. The van der Waals surface area contributed by atoms with Crippen LogP contribution in [0.3, 0.4) is 0 Å². The second-order valence-corrected chi connectivity index (χ2v) is 4.60. The van der Waals surface area contributed by atoms with Crippen LogP contribution in [0.5, 0.6) is 0 Å². The minimum absolute atomic E-state index is 0.522. The molecular formula is C11H22ClNO2. The monoisotopic (exact) mass is 235 g/mol. The lowest BCUT2D eigenvalue weighted by Gasteiger charge is -2.14. The summed E-state index contributed by atoms with van der Waals surface area (Å²) in [5.74, 6) is 0.784. The third kappa shape index (κ3) is 5.71. The van der Waals surface area contributed by atoms with Crippen LogP contribution in [-0.2, 0) is 9.47 Å². The lowest BCUT2D eigenvalue weighted by Crippen LogP contribution is -2.28. The van der Waals surface area contributed by atoms with Gasteiger partial charge in [-0.2, -0.15) is 0 Å². The fourth-order valence-electron chi connectivity index (χ4n) is 1.63. The van der Waals surface area contributed by atoms with Crippen molar-refractivity contribution < 1.29 is 9.47 Å². The molecule has 15 heavy (non-hydrogen) atoms. The van der Waals surface area contributed by atoms with Gasteiger partial charge in [0.05, 0.1) is 19.8 Å². The molecule has 0 saturated heterocycles. The Kier molecular flexibility index (Phi) is 6.57. The van der Waals surface area contributed by atoms with Gasteiger partial charge >= 0.3 is 0 Å². The summed E-state index contributed by atoms with van der Waals surface area (Å²) >= 11 is 5.76. The first kappa shape index (κ1) is 13.2. The lowest BCUT2D eigenvalue weighted by molar-refractivity contribution is 0.0715. The molecular weight excluding hydrogens is 214 g/mol. The molecule has 90 valence electrons. The number of nitrogens with one attached hydrogen (secondary N) is 1. The highest BCUT2D eigenvalue weighted by Crippen LogP contribution is 2.48. The molecule has 0 atom stereocenters. The van der Waals surface area contributed by atoms with E-state index in [9.17, 15) is 0 Å². The summed E-state index contributed by atoms with van der Waals surface area (Å²) in [6, 6.07) is 0. The van der Waals surface area contributed by atoms with Crippen LogP contribution < -0.4 is 5.32 Å². The molecule has 0 radical (unpaired) electrons. The average molecular weight is 236 g/mol. The summed E-state index contributed by atoms with van der Waals surface area (Å²) < 4.78 is 10.2. The van der Waals surface area contributed by atoms with Crippen molar-refractivity contribution in [2.45, 2.75) is 19.3 Å². The summed E-state index contributed by atoms with van der Waals surface area (Å²) in [7, 11) is 1.69. The molecule has 1 saturated carbocycles. The van der Waals surface area contributed by atoms with E-state index in [0.29, 0.717) is 18.6 Å². The first-order valence-corrected chi connectivity index (χ1v) is 6.20. The predicted molar refractivity (Wildman–Crippen MR) is 62.6 cm³/mol. The van der Waals surface area contributed by atoms with Gasteiger partial charge in [-0.15, -0.1) is 11.6 Å². The van der Waals surface area contributed by atoms with E-state index < -0.39 is 0 Å². The summed E-state index contributed by atoms with van der Waals surface area (Å²) in [6.45, 7) is 4.14. The van der Waals surface area contributed by atoms with Gasteiger partial charge < -0.3 is 14.8 Å². The molecule has 1 rings (SSSR count). The molecule has 1 N–H and O–H groups in total. The molecule has 0 unspecified atom stereocenters. The minimum Gasteiger partial charge on any atom is -0.382 e. The summed E-state index contributed by atoms with van der Waals surface area (Å²) in [6.07, 6.45) is 3.81. The Labute approximate surface area is 97.5 Å². The van der Waals surface area contributed by atoms with Crippen LogP contribution in [0.25, 0.3) is 0 Å². The van der Waals surface area contributed by atoms with E-state index in [4.69, 9.17) is 21.1 Å². The second kappa shape index (κ2) is 7.44. The second-order valence-electron chi connectivity index (χ2n) is 4.22. The SMILES string of the molecule is COCCOCCNCC1(CCCl)CC1. The average Bonchev–Trinajstić information content (AvgIpc) is 2.98. The highest BCUT2D eigenvalue weighted by Gasteiger charge is 2.40. The predicted octanol–water partition coefficient (Wildman–Crippen LogP) is 1.65. The van der Waals surface area contributed by atoms with Gasteiger partial charge in [-0.1, -0.05) is 0 Å². The van der Waals surface area contributed by atoms with Gasteiger partial charge in [0.1, 0.15) is 0 Å². The zero-order valence-electron chi connectivity index (χ0n) is 9.56. The number of hydrogen-bond donors (Lipinski definition) is 1. The Bertz CT molecular complexity index is 163. The van der Waals surface area contributed by atoms with E-state index in [0.717, 1.165) is 32.0 Å². The van der Waals surface area contributed by atoms with Crippen molar-refractivity contribution in [2.24, 2.45) is 5.41 Å². The molecule has 1 fully saturated rings. The first-order chi connectivity index (χ1) is 7.33. The van der Waals surface area contributed by atoms with E-state index >= 15 is 0 Å². The van der Waals surface area contributed by atoms with Crippen molar-refractivity contribution >= 4 is 11.6 Å². The Morgan fingerprint density at radius 3 is 2.67 bits per heavy atom. The lowest BCUT2D eigenvalue weighted by atomic mass is 10.0. The van der Waals surface area contributed by atoms with Crippen molar-refractivity contribution in [3.05, 3.63) is 0 Å². The molecule has 0 heterocycles. The Morgan fingerprint density at radius 1 is 1.27 bits per heavy atom. The number of methoxy groups -OCH3 is 1. The Morgan fingerprint density at radius 2 is 2.07 bits per heavy atom. The highest BCUT2D eigenvalue weighted by molar-refractivity contribution is 6.17. The van der Waals surface area contributed by atoms with E-state index in [1.807, 2.05) is 0 Å². The molecule has 0 aromatic rings.